The van der Waals surface area contributed by atoms with E-state index in [1.54, 1.807) is 29.9 Å². The van der Waals surface area contributed by atoms with Gasteiger partial charge in [-0.05, 0) is 49.2 Å². The van der Waals surface area contributed by atoms with E-state index in [9.17, 15) is 9.59 Å². The van der Waals surface area contributed by atoms with Crippen LogP contribution in [0.3, 0.4) is 0 Å². The van der Waals surface area contributed by atoms with E-state index in [-0.39, 0.29) is 6.61 Å². The number of rotatable bonds is 3. The smallest absolute Gasteiger partial charge is 0.355 e. The highest BCUT2D eigenvalue weighted by Crippen LogP contribution is 2.22. The molecule has 3 rings (SSSR count). The molecule has 0 spiro atoms. The number of carbonyl (C=O) groups excluding carboxylic acids is 1. The number of ether oxygens (including phenoxy) is 1. The van der Waals surface area contributed by atoms with Gasteiger partial charge >= 0.3 is 11.6 Å². The Bertz CT molecular complexity index is 949. The lowest BCUT2D eigenvalue weighted by atomic mass is 10.0. The summed E-state index contributed by atoms with van der Waals surface area (Å²) >= 11 is 0. The Morgan fingerprint density at radius 2 is 1.96 bits per heavy atom. The molecule has 0 unspecified atom stereocenters. The van der Waals surface area contributed by atoms with Crippen LogP contribution in [0.25, 0.3) is 11.0 Å². The summed E-state index contributed by atoms with van der Waals surface area (Å²) in [5.74, 6) is -0.428. The molecule has 0 N–H and O–H groups in total. The van der Waals surface area contributed by atoms with E-state index in [0.29, 0.717) is 16.8 Å². The summed E-state index contributed by atoms with van der Waals surface area (Å²) in [5, 5.41) is 0.785. The lowest BCUT2D eigenvalue weighted by molar-refractivity contribution is 0.0462. The van der Waals surface area contributed by atoms with Gasteiger partial charge < -0.3 is 13.7 Å². The Hall–Kier alpha value is -2.82. The largest absolute Gasteiger partial charge is 0.456 e. The molecule has 118 valence electrons. The molecule has 0 fully saturated rings. The van der Waals surface area contributed by atoms with Gasteiger partial charge in [-0.1, -0.05) is 0 Å². The highest BCUT2D eigenvalue weighted by Gasteiger charge is 2.13. The molecule has 0 aliphatic rings. The molecule has 0 bridgehead atoms. The summed E-state index contributed by atoms with van der Waals surface area (Å²) in [7, 11) is 1.77. The summed E-state index contributed by atoms with van der Waals surface area (Å²) in [6.07, 6.45) is 1.77. The van der Waals surface area contributed by atoms with E-state index < -0.39 is 11.6 Å². The van der Waals surface area contributed by atoms with Gasteiger partial charge in [-0.15, -0.1) is 0 Å². The number of nitrogens with zero attached hydrogens (tertiary/aromatic N) is 1. The second-order valence-electron chi connectivity index (χ2n) is 5.60. The zero-order valence-corrected chi connectivity index (χ0v) is 13.3. The number of esters is 1. The molecule has 5 nitrogen and oxygen atoms in total. The first-order valence-corrected chi connectivity index (χ1v) is 7.28. The molecular formula is C18H17NO4. The molecule has 0 saturated heterocycles. The normalized spacial score (nSPS) is 10.9. The van der Waals surface area contributed by atoms with Gasteiger partial charge in [0.05, 0.1) is 0 Å². The van der Waals surface area contributed by atoms with E-state index in [1.807, 2.05) is 26.0 Å². The van der Waals surface area contributed by atoms with E-state index in [0.717, 1.165) is 16.5 Å². The number of hydrogen-bond acceptors (Lipinski definition) is 4. The Labute approximate surface area is 133 Å². The lowest BCUT2D eigenvalue weighted by Gasteiger charge is -2.09. The molecule has 0 aliphatic carbocycles. The maximum absolute atomic E-state index is 12.1. The van der Waals surface area contributed by atoms with E-state index in [1.165, 1.54) is 6.07 Å². The molecule has 23 heavy (non-hydrogen) atoms. The molecule has 2 heterocycles. The van der Waals surface area contributed by atoms with Crippen molar-refractivity contribution in [2.75, 3.05) is 0 Å². The third-order valence-corrected chi connectivity index (χ3v) is 3.96. The van der Waals surface area contributed by atoms with Gasteiger partial charge in [0.2, 0.25) is 0 Å². The zero-order chi connectivity index (χ0) is 16.6. The highest BCUT2D eigenvalue weighted by molar-refractivity contribution is 5.88. The van der Waals surface area contributed by atoms with Crippen molar-refractivity contribution < 1.29 is 13.9 Å². The van der Waals surface area contributed by atoms with Crippen molar-refractivity contribution >= 4 is 16.9 Å². The predicted molar refractivity (Wildman–Crippen MR) is 86.5 cm³/mol. The third-order valence-electron chi connectivity index (χ3n) is 3.96. The Balaban J connectivity index is 1.94. The first-order valence-electron chi connectivity index (χ1n) is 7.28. The summed E-state index contributed by atoms with van der Waals surface area (Å²) < 4.78 is 12.3. The van der Waals surface area contributed by atoms with Gasteiger partial charge in [0, 0.05) is 30.3 Å². The second-order valence-corrected chi connectivity index (χ2v) is 5.60. The van der Waals surface area contributed by atoms with Crippen LogP contribution in [0.5, 0.6) is 0 Å². The summed E-state index contributed by atoms with van der Waals surface area (Å²) in [6.45, 7) is 3.96. The van der Waals surface area contributed by atoms with Crippen LogP contribution in [0.2, 0.25) is 0 Å². The lowest BCUT2D eigenvalue weighted by Crippen LogP contribution is -2.11. The summed E-state index contributed by atoms with van der Waals surface area (Å²) in [4.78, 5) is 23.8. The Morgan fingerprint density at radius 1 is 1.22 bits per heavy atom. The van der Waals surface area contributed by atoms with Crippen LogP contribution in [0.15, 0.2) is 45.7 Å². The fourth-order valence-electron chi connectivity index (χ4n) is 2.49. The Morgan fingerprint density at radius 3 is 2.65 bits per heavy atom. The summed E-state index contributed by atoms with van der Waals surface area (Å²) in [5.41, 5.74) is 3.28. The van der Waals surface area contributed by atoms with Crippen LogP contribution in [-0.2, 0) is 18.4 Å². The number of aromatic nitrogens is 1. The van der Waals surface area contributed by atoms with Crippen LogP contribution >= 0.6 is 0 Å². The first-order chi connectivity index (χ1) is 11.0. The van der Waals surface area contributed by atoms with Gasteiger partial charge in [-0.3, -0.25) is 0 Å². The highest BCUT2D eigenvalue weighted by atomic mass is 16.5. The van der Waals surface area contributed by atoms with Gasteiger partial charge in [-0.25, -0.2) is 9.59 Å². The van der Waals surface area contributed by atoms with E-state index in [4.69, 9.17) is 9.15 Å². The van der Waals surface area contributed by atoms with E-state index in [2.05, 4.69) is 0 Å². The second kappa shape index (κ2) is 5.76. The number of aryl methyl sites for hydroxylation is 3. The van der Waals surface area contributed by atoms with Crippen molar-refractivity contribution in [2.24, 2.45) is 7.05 Å². The number of hydrogen-bond donors (Lipinski definition) is 0. The van der Waals surface area contributed by atoms with Crippen LogP contribution in [0, 0.1) is 13.8 Å². The van der Waals surface area contributed by atoms with Crippen LogP contribution < -0.4 is 5.63 Å². The molecular weight excluding hydrogens is 294 g/mol. The molecule has 1 aromatic carbocycles. The monoisotopic (exact) mass is 311 g/mol. The molecule has 3 aromatic rings. The van der Waals surface area contributed by atoms with Gasteiger partial charge in [0.25, 0.3) is 0 Å². The van der Waals surface area contributed by atoms with Crippen molar-refractivity contribution in [3.63, 3.8) is 0 Å². The van der Waals surface area contributed by atoms with Gasteiger partial charge in [-0.2, -0.15) is 0 Å². The fraction of sp³-hybridized carbons (Fsp3) is 0.222. The molecule has 0 amide bonds. The SMILES string of the molecule is Cc1cc2oc(=O)cc(COC(=O)c3cccn3C)c2cc1C. The van der Waals surface area contributed by atoms with Crippen LogP contribution in [0.1, 0.15) is 27.2 Å². The Kier molecular flexibility index (Phi) is 3.78. The molecule has 0 saturated carbocycles. The van der Waals surface area contributed by atoms with Crippen molar-refractivity contribution in [1.82, 2.24) is 4.57 Å². The van der Waals surface area contributed by atoms with Gasteiger partial charge in [0.1, 0.15) is 17.9 Å². The van der Waals surface area contributed by atoms with Crippen LogP contribution in [-0.4, -0.2) is 10.5 Å². The standard InChI is InChI=1S/C18H17NO4/c1-11-7-14-13(9-17(20)23-16(14)8-12(11)2)10-22-18(21)15-5-4-6-19(15)3/h4-9H,10H2,1-3H3. The quantitative estimate of drug-likeness (QED) is 0.551. The van der Waals surface area contributed by atoms with Crippen LogP contribution in [0.4, 0.5) is 0 Å². The zero-order valence-electron chi connectivity index (χ0n) is 13.3. The van der Waals surface area contributed by atoms with Crippen molar-refractivity contribution in [3.05, 3.63) is 69.3 Å². The maximum atomic E-state index is 12.1. The van der Waals surface area contributed by atoms with E-state index >= 15 is 0 Å². The molecule has 0 atom stereocenters. The predicted octanol–water partition coefficient (Wildman–Crippen LogP) is 3.11. The molecule has 0 radical (unpaired) electrons. The molecule has 2 aromatic heterocycles. The topological polar surface area (TPSA) is 61.4 Å². The van der Waals surface area contributed by atoms with Gasteiger partial charge in [0.15, 0.2) is 0 Å². The average molecular weight is 311 g/mol. The molecule has 5 heteroatoms. The minimum absolute atomic E-state index is 0.0224. The summed E-state index contributed by atoms with van der Waals surface area (Å²) in [6, 6.07) is 8.60. The number of benzene rings is 1. The fourth-order valence-corrected chi connectivity index (χ4v) is 2.49. The minimum Gasteiger partial charge on any atom is -0.456 e. The maximum Gasteiger partial charge on any atom is 0.355 e. The van der Waals surface area contributed by atoms with Crippen molar-refractivity contribution in [1.29, 1.82) is 0 Å². The number of carbonyl (C=O) groups is 1. The third kappa shape index (κ3) is 2.90. The minimum atomic E-state index is -0.453. The van der Waals surface area contributed by atoms with Crippen molar-refractivity contribution in [2.45, 2.75) is 20.5 Å². The number of fused-ring (bicyclic) bond motifs is 1. The first kappa shape index (κ1) is 15.1. The molecule has 0 aliphatic heterocycles. The average Bonchev–Trinajstić information content (AvgIpc) is 2.92. The van der Waals surface area contributed by atoms with Crippen molar-refractivity contribution in [3.8, 4) is 0 Å².